The molecule has 0 amide bonds. The molecular weight excluding hydrogens is 222 g/mol. The van der Waals surface area contributed by atoms with Crippen LogP contribution in [0.5, 0.6) is 0 Å². The zero-order chi connectivity index (χ0) is 12.5. The van der Waals surface area contributed by atoms with Crippen LogP contribution in [0, 0.1) is 0 Å². The Bertz CT molecular complexity index is 263. The van der Waals surface area contributed by atoms with Gasteiger partial charge in [0.1, 0.15) is 0 Å². The van der Waals surface area contributed by atoms with Crippen LogP contribution in [-0.4, -0.2) is 60.6 Å². The van der Waals surface area contributed by atoms with E-state index in [0.717, 1.165) is 24.2 Å². The molecule has 3 aliphatic rings. The molecule has 0 aromatic carbocycles. The van der Waals surface area contributed by atoms with Gasteiger partial charge < -0.3 is 10.2 Å². The first-order chi connectivity index (χ1) is 8.78. The molecule has 2 heterocycles. The first kappa shape index (κ1) is 12.9. The Labute approximate surface area is 112 Å². The summed E-state index contributed by atoms with van der Waals surface area (Å²) < 4.78 is 0. The molecule has 0 aromatic rings. The maximum absolute atomic E-state index is 3.82. The summed E-state index contributed by atoms with van der Waals surface area (Å²) in [5.74, 6) is 0. The van der Waals surface area contributed by atoms with Gasteiger partial charge in [-0.15, -0.1) is 0 Å². The molecule has 0 spiro atoms. The van der Waals surface area contributed by atoms with Crippen molar-refractivity contribution in [3.8, 4) is 0 Å². The molecule has 2 saturated heterocycles. The zero-order valence-corrected chi connectivity index (χ0v) is 12.1. The second-order valence-corrected chi connectivity index (χ2v) is 6.53. The summed E-state index contributed by atoms with van der Waals surface area (Å²) in [6, 6.07) is 3.45. The molecule has 3 heteroatoms. The van der Waals surface area contributed by atoms with Crippen molar-refractivity contribution in [3.63, 3.8) is 0 Å². The van der Waals surface area contributed by atoms with E-state index in [0.29, 0.717) is 0 Å². The van der Waals surface area contributed by atoms with Crippen LogP contribution < -0.4 is 5.32 Å². The summed E-state index contributed by atoms with van der Waals surface area (Å²) in [6.45, 7) is 5.97. The van der Waals surface area contributed by atoms with Gasteiger partial charge in [0.2, 0.25) is 0 Å². The fourth-order valence-corrected chi connectivity index (χ4v) is 4.03. The van der Waals surface area contributed by atoms with Gasteiger partial charge in [-0.1, -0.05) is 6.92 Å². The third kappa shape index (κ3) is 2.73. The number of nitrogens with one attached hydrogen (secondary N) is 1. The van der Waals surface area contributed by atoms with E-state index in [1.807, 2.05) is 0 Å². The average molecular weight is 251 g/mol. The van der Waals surface area contributed by atoms with Gasteiger partial charge in [-0.05, 0) is 52.1 Å². The molecule has 0 radical (unpaired) electrons. The van der Waals surface area contributed by atoms with Gasteiger partial charge in [0.05, 0.1) is 0 Å². The molecule has 104 valence electrons. The predicted octanol–water partition coefficient (Wildman–Crippen LogP) is 1.69. The molecule has 2 aliphatic heterocycles. The van der Waals surface area contributed by atoms with Crippen molar-refractivity contribution in [2.24, 2.45) is 0 Å². The van der Waals surface area contributed by atoms with E-state index >= 15 is 0 Å². The summed E-state index contributed by atoms with van der Waals surface area (Å²) in [4.78, 5) is 5.28. The summed E-state index contributed by atoms with van der Waals surface area (Å²) in [7, 11) is 2.32. The highest BCUT2D eigenvalue weighted by Gasteiger charge is 2.38. The SMILES string of the molecule is CCN(CCNC1CC2CCC(C1)N2C)C1CC1. The van der Waals surface area contributed by atoms with Crippen molar-refractivity contribution in [2.75, 3.05) is 26.7 Å². The van der Waals surface area contributed by atoms with Crippen molar-refractivity contribution in [2.45, 2.75) is 69.6 Å². The second-order valence-electron chi connectivity index (χ2n) is 6.53. The first-order valence-corrected chi connectivity index (χ1v) is 7.97. The highest BCUT2D eigenvalue weighted by Crippen LogP contribution is 2.34. The van der Waals surface area contributed by atoms with Crippen LogP contribution >= 0.6 is 0 Å². The minimum absolute atomic E-state index is 0.789. The van der Waals surface area contributed by atoms with Crippen LogP contribution in [0.25, 0.3) is 0 Å². The van der Waals surface area contributed by atoms with Crippen molar-refractivity contribution >= 4 is 0 Å². The fraction of sp³-hybridized carbons (Fsp3) is 1.00. The zero-order valence-electron chi connectivity index (χ0n) is 12.1. The van der Waals surface area contributed by atoms with Crippen LogP contribution in [0.3, 0.4) is 0 Å². The Balaban J connectivity index is 1.39. The van der Waals surface area contributed by atoms with Crippen molar-refractivity contribution in [1.82, 2.24) is 15.1 Å². The number of likely N-dealkylation sites (N-methyl/N-ethyl adjacent to an activating group) is 1. The van der Waals surface area contributed by atoms with Gasteiger partial charge in [0.15, 0.2) is 0 Å². The normalized spacial score (nSPS) is 36.5. The van der Waals surface area contributed by atoms with Gasteiger partial charge in [-0.2, -0.15) is 0 Å². The number of hydrogen-bond donors (Lipinski definition) is 1. The lowest BCUT2D eigenvalue weighted by Crippen LogP contribution is -2.48. The molecule has 3 rings (SSSR count). The Morgan fingerprint density at radius 1 is 1.11 bits per heavy atom. The molecule has 2 bridgehead atoms. The third-order valence-corrected chi connectivity index (χ3v) is 5.40. The Hall–Kier alpha value is -0.120. The topological polar surface area (TPSA) is 18.5 Å². The van der Waals surface area contributed by atoms with E-state index in [-0.39, 0.29) is 0 Å². The number of rotatable bonds is 6. The Kier molecular flexibility index (Phi) is 3.92. The Morgan fingerprint density at radius 3 is 2.33 bits per heavy atom. The van der Waals surface area contributed by atoms with Crippen LogP contribution in [0.4, 0.5) is 0 Å². The molecule has 3 nitrogen and oxygen atoms in total. The maximum Gasteiger partial charge on any atom is 0.0111 e. The predicted molar refractivity (Wildman–Crippen MR) is 75.9 cm³/mol. The van der Waals surface area contributed by atoms with Crippen molar-refractivity contribution in [1.29, 1.82) is 0 Å². The maximum atomic E-state index is 3.82. The summed E-state index contributed by atoms with van der Waals surface area (Å²) in [6.07, 6.45) is 8.49. The standard InChI is InChI=1S/C15H29N3/c1-3-18(13-4-5-13)9-8-16-12-10-14-6-7-15(11-12)17(14)2/h12-16H,3-11H2,1-2H3. The van der Waals surface area contributed by atoms with E-state index in [1.54, 1.807) is 0 Å². The minimum Gasteiger partial charge on any atom is -0.313 e. The molecule has 1 saturated carbocycles. The smallest absolute Gasteiger partial charge is 0.0111 e. The van der Waals surface area contributed by atoms with E-state index in [9.17, 15) is 0 Å². The number of hydrogen-bond acceptors (Lipinski definition) is 3. The third-order valence-electron chi connectivity index (χ3n) is 5.40. The number of piperidine rings is 1. The van der Waals surface area contributed by atoms with Crippen LogP contribution in [0.15, 0.2) is 0 Å². The van der Waals surface area contributed by atoms with Crippen molar-refractivity contribution < 1.29 is 0 Å². The van der Waals surface area contributed by atoms with Gasteiger partial charge in [0, 0.05) is 37.3 Å². The van der Waals surface area contributed by atoms with Crippen LogP contribution in [0.1, 0.15) is 45.4 Å². The average Bonchev–Trinajstić information content (AvgIpc) is 3.17. The van der Waals surface area contributed by atoms with E-state index < -0.39 is 0 Å². The number of fused-ring (bicyclic) bond motifs is 2. The summed E-state index contributed by atoms with van der Waals surface area (Å²) >= 11 is 0. The lowest BCUT2D eigenvalue weighted by atomic mass is 9.98. The largest absolute Gasteiger partial charge is 0.313 e. The number of nitrogens with zero attached hydrogens (tertiary/aromatic N) is 2. The molecule has 18 heavy (non-hydrogen) atoms. The van der Waals surface area contributed by atoms with Crippen molar-refractivity contribution in [3.05, 3.63) is 0 Å². The van der Waals surface area contributed by atoms with Crippen LogP contribution in [-0.2, 0) is 0 Å². The molecule has 2 atom stereocenters. The monoisotopic (exact) mass is 251 g/mol. The molecule has 3 fully saturated rings. The van der Waals surface area contributed by atoms with E-state index in [4.69, 9.17) is 0 Å². The highest BCUT2D eigenvalue weighted by atomic mass is 15.2. The second kappa shape index (κ2) is 5.48. The molecule has 1 N–H and O–H groups in total. The van der Waals surface area contributed by atoms with Gasteiger partial charge in [-0.3, -0.25) is 4.90 Å². The van der Waals surface area contributed by atoms with Gasteiger partial charge in [-0.25, -0.2) is 0 Å². The van der Waals surface area contributed by atoms with Crippen LogP contribution in [0.2, 0.25) is 0 Å². The Morgan fingerprint density at radius 2 is 1.78 bits per heavy atom. The molecule has 1 aliphatic carbocycles. The first-order valence-electron chi connectivity index (χ1n) is 7.97. The van der Waals surface area contributed by atoms with E-state index in [2.05, 4.69) is 29.1 Å². The quantitative estimate of drug-likeness (QED) is 0.775. The summed E-state index contributed by atoms with van der Waals surface area (Å²) in [5, 5.41) is 3.82. The lowest BCUT2D eigenvalue weighted by Gasteiger charge is -2.37. The molecule has 2 unspecified atom stereocenters. The van der Waals surface area contributed by atoms with E-state index in [1.165, 1.54) is 58.2 Å². The van der Waals surface area contributed by atoms with Gasteiger partial charge in [0.25, 0.3) is 0 Å². The molecule has 0 aromatic heterocycles. The lowest BCUT2D eigenvalue weighted by molar-refractivity contribution is 0.146. The fourth-order valence-electron chi connectivity index (χ4n) is 4.03. The molecular formula is C15H29N3. The highest BCUT2D eigenvalue weighted by molar-refractivity contribution is 4.96. The summed E-state index contributed by atoms with van der Waals surface area (Å²) in [5.41, 5.74) is 0. The van der Waals surface area contributed by atoms with Gasteiger partial charge >= 0.3 is 0 Å². The minimum atomic E-state index is 0.789.